The molecule has 7 heteroatoms. The molecule has 1 aliphatic heterocycles. The van der Waals surface area contributed by atoms with Crippen LogP contribution in [0.5, 0.6) is 0 Å². The number of anilines is 1. The molecule has 1 aliphatic rings. The first-order valence-electron chi connectivity index (χ1n) is 9.84. The lowest BCUT2D eigenvalue weighted by Crippen LogP contribution is -2.46. The zero-order chi connectivity index (χ0) is 20.6. The van der Waals surface area contributed by atoms with E-state index in [1.807, 2.05) is 6.07 Å². The second kappa shape index (κ2) is 10.0. The maximum absolute atomic E-state index is 13.2. The van der Waals surface area contributed by atoms with E-state index in [9.17, 15) is 9.18 Å². The summed E-state index contributed by atoms with van der Waals surface area (Å²) in [6, 6.07) is 17.0. The monoisotopic (exact) mass is 397 g/mol. The van der Waals surface area contributed by atoms with Crippen LogP contribution in [0.2, 0.25) is 0 Å². The fourth-order valence-electron chi connectivity index (χ4n) is 3.56. The number of carbonyl (C=O) groups excluding carboxylic acids is 1. The lowest BCUT2D eigenvalue weighted by atomic mass is 10.2. The summed E-state index contributed by atoms with van der Waals surface area (Å²) in [4.78, 5) is 18.8. The van der Waals surface area contributed by atoms with Crippen LogP contribution in [0.3, 0.4) is 0 Å². The number of hydrogen-bond acceptors (Lipinski definition) is 3. The molecule has 0 bridgehead atoms. The standard InChI is InChI=1S/C22H28FN5O/c1-16-11-20(15-28(16)14-17-7-4-3-5-8-17)27-22(24-2)25-13-21(29)26-19-10-6-9-18(23)12-19/h3-10,12,16,20H,11,13-15H2,1-2H3,(H,26,29)(H2,24,25,27). The molecule has 0 radical (unpaired) electrons. The van der Waals surface area contributed by atoms with Crippen molar-refractivity contribution >= 4 is 17.6 Å². The number of amides is 1. The zero-order valence-corrected chi connectivity index (χ0v) is 16.9. The number of guanidine groups is 1. The van der Waals surface area contributed by atoms with Crippen LogP contribution in [0.15, 0.2) is 59.6 Å². The van der Waals surface area contributed by atoms with Gasteiger partial charge in [0, 0.05) is 37.9 Å². The van der Waals surface area contributed by atoms with Gasteiger partial charge in [-0.25, -0.2) is 4.39 Å². The molecule has 0 spiro atoms. The molecule has 1 saturated heterocycles. The van der Waals surface area contributed by atoms with Crippen molar-refractivity contribution < 1.29 is 9.18 Å². The van der Waals surface area contributed by atoms with Crippen LogP contribution in [0.25, 0.3) is 0 Å². The Morgan fingerprint density at radius 2 is 2.00 bits per heavy atom. The molecule has 2 atom stereocenters. The van der Waals surface area contributed by atoms with Crippen molar-refractivity contribution in [1.82, 2.24) is 15.5 Å². The van der Waals surface area contributed by atoms with Gasteiger partial charge in [-0.1, -0.05) is 36.4 Å². The Morgan fingerprint density at radius 3 is 2.72 bits per heavy atom. The molecule has 29 heavy (non-hydrogen) atoms. The normalized spacial score (nSPS) is 19.8. The van der Waals surface area contributed by atoms with Gasteiger partial charge in [-0.05, 0) is 37.1 Å². The van der Waals surface area contributed by atoms with E-state index in [1.54, 1.807) is 19.2 Å². The summed E-state index contributed by atoms with van der Waals surface area (Å²) in [7, 11) is 1.68. The Balaban J connectivity index is 1.45. The van der Waals surface area contributed by atoms with Gasteiger partial charge in [-0.15, -0.1) is 0 Å². The fourth-order valence-corrected chi connectivity index (χ4v) is 3.56. The number of rotatable bonds is 6. The van der Waals surface area contributed by atoms with Crippen molar-refractivity contribution in [2.45, 2.75) is 32.0 Å². The quantitative estimate of drug-likeness (QED) is 0.518. The lowest BCUT2D eigenvalue weighted by Gasteiger charge is -2.21. The predicted octanol–water partition coefficient (Wildman–Crippen LogP) is 2.59. The Kier molecular flexibility index (Phi) is 7.19. The van der Waals surface area contributed by atoms with Gasteiger partial charge in [-0.3, -0.25) is 14.7 Å². The first-order valence-corrected chi connectivity index (χ1v) is 9.84. The minimum Gasteiger partial charge on any atom is -0.352 e. The van der Waals surface area contributed by atoms with Gasteiger partial charge in [0.25, 0.3) is 0 Å². The number of hydrogen-bond donors (Lipinski definition) is 3. The van der Waals surface area contributed by atoms with Crippen LogP contribution in [-0.2, 0) is 11.3 Å². The molecule has 3 N–H and O–H groups in total. The van der Waals surface area contributed by atoms with Crippen molar-refractivity contribution in [3.05, 3.63) is 66.0 Å². The van der Waals surface area contributed by atoms with Gasteiger partial charge in [-0.2, -0.15) is 0 Å². The second-order valence-electron chi connectivity index (χ2n) is 7.33. The number of nitrogens with one attached hydrogen (secondary N) is 3. The first-order chi connectivity index (χ1) is 14.0. The topological polar surface area (TPSA) is 68.8 Å². The van der Waals surface area contributed by atoms with Crippen molar-refractivity contribution in [3.63, 3.8) is 0 Å². The highest BCUT2D eigenvalue weighted by Gasteiger charge is 2.29. The molecule has 1 fully saturated rings. The van der Waals surface area contributed by atoms with Crippen LogP contribution < -0.4 is 16.0 Å². The summed E-state index contributed by atoms with van der Waals surface area (Å²) in [6.45, 7) is 4.11. The molecule has 2 aromatic carbocycles. The van der Waals surface area contributed by atoms with Crippen molar-refractivity contribution in [3.8, 4) is 0 Å². The summed E-state index contributed by atoms with van der Waals surface area (Å²) >= 11 is 0. The van der Waals surface area contributed by atoms with Crippen molar-refractivity contribution in [2.75, 3.05) is 25.5 Å². The summed E-state index contributed by atoms with van der Waals surface area (Å²) in [5.41, 5.74) is 1.73. The molecule has 0 saturated carbocycles. The summed E-state index contributed by atoms with van der Waals surface area (Å²) in [6.07, 6.45) is 1.00. The number of nitrogens with zero attached hydrogens (tertiary/aromatic N) is 2. The molecule has 6 nitrogen and oxygen atoms in total. The number of aliphatic imine (C=N–C) groups is 1. The van der Waals surface area contributed by atoms with Gasteiger partial charge < -0.3 is 16.0 Å². The maximum atomic E-state index is 13.2. The molecule has 0 aliphatic carbocycles. The third-order valence-electron chi connectivity index (χ3n) is 5.02. The highest BCUT2D eigenvalue weighted by molar-refractivity contribution is 5.95. The zero-order valence-electron chi connectivity index (χ0n) is 16.9. The van der Waals surface area contributed by atoms with E-state index in [2.05, 4.69) is 57.0 Å². The van der Waals surface area contributed by atoms with E-state index in [0.717, 1.165) is 19.5 Å². The van der Waals surface area contributed by atoms with E-state index >= 15 is 0 Å². The first kappa shape index (κ1) is 20.8. The van der Waals surface area contributed by atoms with Crippen molar-refractivity contribution in [2.24, 2.45) is 4.99 Å². The summed E-state index contributed by atoms with van der Waals surface area (Å²) in [5.74, 6) is -0.0640. The Bertz CT molecular complexity index is 842. The summed E-state index contributed by atoms with van der Waals surface area (Å²) < 4.78 is 13.2. The molecule has 2 aromatic rings. The van der Waals surface area contributed by atoms with E-state index in [-0.39, 0.29) is 24.3 Å². The molecule has 1 amide bonds. The van der Waals surface area contributed by atoms with E-state index in [4.69, 9.17) is 0 Å². The molecular formula is C22H28FN5O. The third-order valence-corrected chi connectivity index (χ3v) is 5.02. The van der Waals surface area contributed by atoms with Gasteiger partial charge in [0.2, 0.25) is 5.91 Å². The molecule has 2 unspecified atom stereocenters. The number of benzene rings is 2. The third kappa shape index (κ3) is 6.29. The number of halogens is 1. The van der Waals surface area contributed by atoms with Gasteiger partial charge >= 0.3 is 0 Å². The van der Waals surface area contributed by atoms with Crippen LogP contribution >= 0.6 is 0 Å². The van der Waals surface area contributed by atoms with Crippen molar-refractivity contribution in [1.29, 1.82) is 0 Å². The molecule has 1 heterocycles. The summed E-state index contributed by atoms with van der Waals surface area (Å²) in [5, 5.41) is 9.09. The highest BCUT2D eigenvalue weighted by atomic mass is 19.1. The van der Waals surface area contributed by atoms with Gasteiger partial charge in [0.05, 0.1) is 6.54 Å². The SMILES string of the molecule is CN=C(NCC(=O)Nc1cccc(F)c1)NC1CC(C)N(Cc2ccccc2)C1. The minimum absolute atomic E-state index is 0.0478. The molecular weight excluding hydrogens is 369 g/mol. The lowest BCUT2D eigenvalue weighted by molar-refractivity contribution is -0.115. The Hall–Kier alpha value is -2.93. The average Bonchev–Trinajstić information content (AvgIpc) is 3.04. The van der Waals surface area contributed by atoms with E-state index < -0.39 is 0 Å². The molecule has 154 valence electrons. The fraction of sp³-hybridized carbons (Fsp3) is 0.364. The largest absolute Gasteiger partial charge is 0.352 e. The second-order valence-corrected chi connectivity index (χ2v) is 7.33. The Morgan fingerprint density at radius 1 is 1.21 bits per heavy atom. The Labute approximate surface area is 171 Å². The molecule has 0 aromatic heterocycles. The van der Waals surface area contributed by atoms with Gasteiger partial charge in [0.15, 0.2) is 5.96 Å². The predicted molar refractivity (Wildman–Crippen MR) is 114 cm³/mol. The number of likely N-dealkylation sites (tertiary alicyclic amines) is 1. The minimum atomic E-state index is -0.386. The smallest absolute Gasteiger partial charge is 0.243 e. The van der Waals surface area contributed by atoms with Crippen LogP contribution in [-0.4, -0.2) is 49.0 Å². The highest BCUT2D eigenvalue weighted by Crippen LogP contribution is 2.20. The van der Waals surface area contributed by atoms with Gasteiger partial charge in [0.1, 0.15) is 5.82 Å². The van der Waals surface area contributed by atoms with E-state index in [1.165, 1.54) is 17.7 Å². The number of carbonyl (C=O) groups is 1. The van der Waals surface area contributed by atoms with E-state index in [0.29, 0.717) is 17.7 Å². The van der Waals surface area contributed by atoms with Crippen LogP contribution in [0.1, 0.15) is 18.9 Å². The molecule has 3 rings (SSSR count). The van der Waals surface area contributed by atoms with Crippen LogP contribution in [0, 0.1) is 5.82 Å². The van der Waals surface area contributed by atoms with Crippen LogP contribution in [0.4, 0.5) is 10.1 Å². The average molecular weight is 397 g/mol. The maximum Gasteiger partial charge on any atom is 0.243 e.